The molecule has 2 aromatic heterocycles. The lowest BCUT2D eigenvalue weighted by Crippen LogP contribution is -2.43. The zero-order chi connectivity index (χ0) is 14.5. The van der Waals surface area contributed by atoms with Crippen molar-refractivity contribution in [3.63, 3.8) is 0 Å². The monoisotopic (exact) mass is 308 g/mol. The van der Waals surface area contributed by atoms with Gasteiger partial charge in [0.15, 0.2) is 0 Å². The van der Waals surface area contributed by atoms with E-state index >= 15 is 0 Å². The van der Waals surface area contributed by atoms with Crippen molar-refractivity contribution in [2.75, 3.05) is 20.6 Å². The van der Waals surface area contributed by atoms with Crippen molar-refractivity contribution in [3.05, 3.63) is 44.8 Å². The minimum absolute atomic E-state index is 0.322. The van der Waals surface area contributed by atoms with Gasteiger partial charge in [0, 0.05) is 22.3 Å². The smallest absolute Gasteiger partial charge is 0.0767 e. The second kappa shape index (κ2) is 7.36. The summed E-state index contributed by atoms with van der Waals surface area (Å²) in [5.74, 6) is 0.611. The normalized spacial score (nSPS) is 13.6. The molecule has 0 spiro atoms. The zero-order valence-electron chi connectivity index (χ0n) is 12.7. The number of rotatable bonds is 7. The van der Waals surface area contributed by atoms with Gasteiger partial charge < -0.3 is 10.2 Å². The molecule has 0 fully saturated rings. The molecule has 0 saturated heterocycles. The number of thiophene rings is 2. The highest BCUT2D eigenvalue weighted by Gasteiger charge is 2.22. The van der Waals surface area contributed by atoms with Crippen LogP contribution in [0.3, 0.4) is 0 Å². The standard InChI is InChI=1S/C16H24N2S2/c1-12(2)13(11-18(3)4)17-16(14-7-5-9-19-14)15-8-6-10-20-15/h5-10,12-13,16-17H,11H2,1-4H3. The largest absolute Gasteiger partial charge is 0.308 e. The van der Waals surface area contributed by atoms with E-state index < -0.39 is 0 Å². The van der Waals surface area contributed by atoms with Gasteiger partial charge in [-0.15, -0.1) is 22.7 Å². The number of nitrogens with zero attached hydrogens (tertiary/aromatic N) is 1. The molecule has 0 bridgehead atoms. The molecule has 2 rings (SSSR count). The number of hydrogen-bond donors (Lipinski definition) is 1. The van der Waals surface area contributed by atoms with Gasteiger partial charge in [-0.3, -0.25) is 0 Å². The summed E-state index contributed by atoms with van der Waals surface area (Å²) in [5.41, 5.74) is 0. The molecule has 0 radical (unpaired) electrons. The van der Waals surface area contributed by atoms with Gasteiger partial charge in [0.1, 0.15) is 0 Å². The van der Waals surface area contributed by atoms with Gasteiger partial charge >= 0.3 is 0 Å². The average Bonchev–Trinajstić information content (AvgIpc) is 3.06. The maximum atomic E-state index is 3.87. The Balaban J connectivity index is 2.19. The Kier molecular flexibility index (Phi) is 5.78. The van der Waals surface area contributed by atoms with Crippen LogP contribution >= 0.6 is 22.7 Å². The highest BCUT2D eigenvalue weighted by molar-refractivity contribution is 7.11. The van der Waals surface area contributed by atoms with Crippen molar-refractivity contribution >= 4 is 22.7 Å². The number of hydrogen-bond acceptors (Lipinski definition) is 4. The summed E-state index contributed by atoms with van der Waals surface area (Å²) in [7, 11) is 4.28. The summed E-state index contributed by atoms with van der Waals surface area (Å²) in [6.45, 7) is 5.65. The van der Waals surface area contributed by atoms with Crippen LogP contribution in [0.2, 0.25) is 0 Å². The van der Waals surface area contributed by atoms with E-state index in [-0.39, 0.29) is 0 Å². The lowest BCUT2D eigenvalue weighted by molar-refractivity contribution is 0.279. The third kappa shape index (κ3) is 4.16. The molecule has 0 amide bonds. The summed E-state index contributed by atoms with van der Waals surface area (Å²) < 4.78 is 0. The average molecular weight is 309 g/mol. The Morgan fingerprint density at radius 1 is 1.05 bits per heavy atom. The predicted molar refractivity (Wildman–Crippen MR) is 90.8 cm³/mol. The van der Waals surface area contributed by atoms with Gasteiger partial charge in [0.05, 0.1) is 6.04 Å². The van der Waals surface area contributed by atoms with Gasteiger partial charge in [-0.05, 0) is 42.9 Å². The first-order valence-electron chi connectivity index (χ1n) is 7.05. The fourth-order valence-electron chi connectivity index (χ4n) is 2.28. The lowest BCUT2D eigenvalue weighted by atomic mass is 10.0. The Morgan fingerprint density at radius 2 is 1.60 bits per heavy atom. The highest BCUT2D eigenvalue weighted by Crippen LogP contribution is 2.30. The maximum absolute atomic E-state index is 3.87. The Labute approximate surface area is 130 Å². The molecule has 0 aromatic carbocycles. The van der Waals surface area contributed by atoms with E-state index in [1.807, 2.05) is 22.7 Å². The van der Waals surface area contributed by atoms with E-state index in [2.05, 4.69) is 73.2 Å². The molecule has 0 saturated carbocycles. The van der Waals surface area contributed by atoms with Crippen LogP contribution in [0.5, 0.6) is 0 Å². The Hall–Kier alpha value is -0.680. The molecular formula is C16H24N2S2. The fourth-order valence-corrected chi connectivity index (χ4v) is 3.96. The van der Waals surface area contributed by atoms with Crippen LogP contribution in [0.15, 0.2) is 35.0 Å². The number of nitrogens with one attached hydrogen (secondary N) is 1. The van der Waals surface area contributed by atoms with Crippen LogP contribution in [0, 0.1) is 5.92 Å². The summed E-state index contributed by atoms with van der Waals surface area (Å²) in [4.78, 5) is 5.06. The minimum atomic E-state index is 0.322. The van der Waals surface area contributed by atoms with Gasteiger partial charge in [0.25, 0.3) is 0 Å². The second-order valence-electron chi connectivity index (χ2n) is 5.74. The molecule has 1 unspecified atom stereocenters. The number of likely N-dealkylation sites (N-methyl/N-ethyl adjacent to an activating group) is 1. The predicted octanol–water partition coefficient (Wildman–Crippen LogP) is 4.07. The van der Waals surface area contributed by atoms with Crippen LogP contribution in [-0.4, -0.2) is 31.6 Å². The molecule has 0 aliphatic heterocycles. The molecular weight excluding hydrogens is 284 g/mol. The van der Waals surface area contributed by atoms with Gasteiger partial charge in [0.2, 0.25) is 0 Å². The van der Waals surface area contributed by atoms with E-state index in [0.717, 1.165) is 6.54 Å². The topological polar surface area (TPSA) is 15.3 Å². The van der Waals surface area contributed by atoms with Crippen molar-refractivity contribution in [3.8, 4) is 0 Å². The molecule has 2 nitrogen and oxygen atoms in total. The SMILES string of the molecule is CC(C)C(CN(C)C)NC(c1cccs1)c1cccs1. The zero-order valence-corrected chi connectivity index (χ0v) is 14.3. The molecule has 2 aromatic rings. The Morgan fingerprint density at radius 3 is 1.95 bits per heavy atom. The summed E-state index contributed by atoms with van der Waals surface area (Å²) >= 11 is 3.66. The first-order valence-corrected chi connectivity index (χ1v) is 8.81. The van der Waals surface area contributed by atoms with Crippen LogP contribution in [0.1, 0.15) is 29.6 Å². The van der Waals surface area contributed by atoms with Crippen LogP contribution in [0.25, 0.3) is 0 Å². The quantitative estimate of drug-likeness (QED) is 0.829. The molecule has 4 heteroatoms. The summed E-state index contributed by atoms with van der Waals surface area (Å²) in [6.07, 6.45) is 0. The Bertz CT molecular complexity index is 440. The van der Waals surface area contributed by atoms with Crippen molar-refractivity contribution < 1.29 is 0 Å². The van der Waals surface area contributed by atoms with Gasteiger partial charge in [-0.1, -0.05) is 26.0 Å². The summed E-state index contributed by atoms with van der Waals surface area (Å²) in [6, 6.07) is 9.54. The van der Waals surface area contributed by atoms with E-state index in [4.69, 9.17) is 0 Å². The van der Waals surface area contributed by atoms with E-state index in [9.17, 15) is 0 Å². The maximum Gasteiger partial charge on any atom is 0.0767 e. The third-order valence-corrected chi connectivity index (χ3v) is 5.28. The van der Waals surface area contributed by atoms with Crippen LogP contribution in [0.4, 0.5) is 0 Å². The van der Waals surface area contributed by atoms with Crippen molar-refractivity contribution in [1.82, 2.24) is 10.2 Å². The third-order valence-electron chi connectivity index (χ3n) is 3.40. The van der Waals surface area contributed by atoms with Crippen molar-refractivity contribution in [2.24, 2.45) is 5.92 Å². The molecule has 1 atom stereocenters. The van der Waals surface area contributed by atoms with Crippen LogP contribution in [-0.2, 0) is 0 Å². The highest BCUT2D eigenvalue weighted by atomic mass is 32.1. The molecule has 2 heterocycles. The minimum Gasteiger partial charge on any atom is -0.308 e. The van der Waals surface area contributed by atoms with Gasteiger partial charge in [-0.2, -0.15) is 0 Å². The molecule has 20 heavy (non-hydrogen) atoms. The molecule has 1 N–H and O–H groups in total. The summed E-state index contributed by atoms with van der Waals surface area (Å²) in [5, 5.41) is 8.19. The van der Waals surface area contributed by atoms with Crippen molar-refractivity contribution in [1.29, 1.82) is 0 Å². The van der Waals surface area contributed by atoms with E-state index in [1.165, 1.54) is 9.75 Å². The lowest BCUT2D eigenvalue weighted by Gasteiger charge is -2.30. The van der Waals surface area contributed by atoms with E-state index in [0.29, 0.717) is 18.0 Å². The first-order chi connectivity index (χ1) is 9.58. The molecule has 0 aliphatic carbocycles. The van der Waals surface area contributed by atoms with E-state index in [1.54, 1.807) is 0 Å². The van der Waals surface area contributed by atoms with Crippen molar-refractivity contribution in [2.45, 2.75) is 25.9 Å². The molecule has 0 aliphatic rings. The second-order valence-corrected chi connectivity index (χ2v) is 7.70. The fraction of sp³-hybridized carbons (Fsp3) is 0.500. The molecule has 110 valence electrons. The van der Waals surface area contributed by atoms with Crippen LogP contribution < -0.4 is 5.32 Å². The first kappa shape index (κ1) is 15.7. The van der Waals surface area contributed by atoms with Gasteiger partial charge in [-0.25, -0.2) is 0 Å².